The average Bonchev–Trinajstić information content (AvgIpc) is 2.47. The molecule has 1 aliphatic rings. The van der Waals surface area contributed by atoms with E-state index in [9.17, 15) is 12.8 Å². The molecule has 1 aromatic rings. The van der Waals surface area contributed by atoms with Crippen LogP contribution in [0.4, 0.5) is 4.39 Å². The van der Waals surface area contributed by atoms with E-state index in [0.717, 1.165) is 12.5 Å². The molecular weight excluding hydrogens is 305 g/mol. The molecule has 0 aliphatic carbocycles. The number of rotatable bonds is 4. The van der Waals surface area contributed by atoms with Crippen LogP contribution in [0.2, 0.25) is 0 Å². The third kappa shape index (κ3) is 3.14. The van der Waals surface area contributed by atoms with E-state index in [1.54, 1.807) is 0 Å². The SMILES string of the molecule is CCC1CN(S(=O)(=O)c2cc(F)ccc2CCl)CCO1. The largest absolute Gasteiger partial charge is 0.375 e. The smallest absolute Gasteiger partial charge is 0.243 e. The molecule has 4 nitrogen and oxygen atoms in total. The van der Waals surface area contributed by atoms with Gasteiger partial charge < -0.3 is 4.74 Å². The molecule has 20 heavy (non-hydrogen) atoms. The topological polar surface area (TPSA) is 46.6 Å². The molecule has 1 aromatic carbocycles. The molecule has 0 N–H and O–H groups in total. The van der Waals surface area contributed by atoms with Crippen LogP contribution >= 0.6 is 11.6 Å². The molecular formula is C13H17ClFNO3S. The Kier molecular flexibility index (Phi) is 5.01. The van der Waals surface area contributed by atoms with Crippen molar-refractivity contribution in [1.82, 2.24) is 4.31 Å². The van der Waals surface area contributed by atoms with Gasteiger partial charge in [0, 0.05) is 19.0 Å². The summed E-state index contributed by atoms with van der Waals surface area (Å²) in [5.74, 6) is -0.561. The molecule has 1 unspecified atom stereocenters. The lowest BCUT2D eigenvalue weighted by Gasteiger charge is -2.32. The molecule has 0 spiro atoms. The Morgan fingerprint density at radius 3 is 2.90 bits per heavy atom. The highest BCUT2D eigenvalue weighted by Gasteiger charge is 2.31. The lowest BCUT2D eigenvalue weighted by Crippen LogP contribution is -2.45. The first-order valence-corrected chi connectivity index (χ1v) is 8.42. The summed E-state index contributed by atoms with van der Waals surface area (Å²) in [6, 6.07) is 3.65. The Labute approximate surface area is 123 Å². The van der Waals surface area contributed by atoms with E-state index in [0.29, 0.717) is 12.2 Å². The van der Waals surface area contributed by atoms with Crippen molar-refractivity contribution in [2.45, 2.75) is 30.2 Å². The minimum Gasteiger partial charge on any atom is -0.375 e. The fourth-order valence-corrected chi connectivity index (χ4v) is 4.18. The van der Waals surface area contributed by atoms with Gasteiger partial charge in [-0.2, -0.15) is 4.31 Å². The van der Waals surface area contributed by atoms with Gasteiger partial charge in [-0.05, 0) is 24.1 Å². The van der Waals surface area contributed by atoms with Gasteiger partial charge in [-0.25, -0.2) is 12.8 Å². The summed E-state index contributed by atoms with van der Waals surface area (Å²) < 4.78 is 45.4. The average molecular weight is 322 g/mol. The molecule has 0 saturated carbocycles. The third-order valence-corrected chi connectivity index (χ3v) is 5.58. The van der Waals surface area contributed by atoms with Gasteiger partial charge in [-0.1, -0.05) is 13.0 Å². The van der Waals surface area contributed by atoms with E-state index in [1.807, 2.05) is 6.92 Å². The summed E-state index contributed by atoms with van der Waals surface area (Å²) in [4.78, 5) is -0.0516. The number of sulfonamides is 1. The Bertz CT molecular complexity index is 579. The number of morpholine rings is 1. The number of hydrogen-bond donors (Lipinski definition) is 0. The standard InChI is InChI=1S/C13H17ClFNO3S/c1-2-12-9-16(5-6-19-12)20(17,18)13-7-11(15)4-3-10(13)8-14/h3-4,7,12H,2,5-6,8-9H2,1H3. The quantitative estimate of drug-likeness (QED) is 0.800. The summed E-state index contributed by atoms with van der Waals surface area (Å²) in [6.07, 6.45) is 0.615. The number of benzene rings is 1. The van der Waals surface area contributed by atoms with E-state index in [-0.39, 0.29) is 30.0 Å². The molecule has 0 bridgehead atoms. The Morgan fingerprint density at radius 1 is 1.50 bits per heavy atom. The van der Waals surface area contributed by atoms with Crippen LogP contribution < -0.4 is 0 Å². The first-order chi connectivity index (χ1) is 9.48. The molecule has 1 fully saturated rings. The number of hydrogen-bond acceptors (Lipinski definition) is 3. The Balaban J connectivity index is 2.37. The van der Waals surface area contributed by atoms with Crippen molar-refractivity contribution in [2.75, 3.05) is 19.7 Å². The van der Waals surface area contributed by atoms with E-state index in [4.69, 9.17) is 16.3 Å². The molecule has 0 aromatic heterocycles. The van der Waals surface area contributed by atoms with Gasteiger partial charge in [0.25, 0.3) is 0 Å². The Morgan fingerprint density at radius 2 is 2.25 bits per heavy atom. The maximum atomic E-state index is 13.4. The first-order valence-electron chi connectivity index (χ1n) is 6.45. The number of alkyl halides is 1. The molecule has 0 radical (unpaired) electrons. The summed E-state index contributed by atoms with van der Waals surface area (Å²) in [7, 11) is -3.74. The molecule has 0 amide bonds. The first kappa shape index (κ1) is 15.7. The second kappa shape index (κ2) is 6.39. The van der Waals surface area contributed by atoms with Gasteiger partial charge in [0.2, 0.25) is 10.0 Å². The number of nitrogens with zero attached hydrogens (tertiary/aromatic N) is 1. The van der Waals surface area contributed by atoms with Crippen molar-refractivity contribution in [3.05, 3.63) is 29.6 Å². The van der Waals surface area contributed by atoms with Crippen LogP contribution in [-0.2, 0) is 20.6 Å². The van der Waals surface area contributed by atoms with Crippen LogP contribution in [0.25, 0.3) is 0 Å². The predicted molar refractivity (Wildman–Crippen MR) is 74.7 cm³/mol. The van der Waals surface area contributed by atoms with Gasteiger partial charge in [-0.3, -0.25) is 0 Å². The molecule has 1 saturated heterocycles. The van der Waals surface area contributed by atoms with Crippen molar-refractivity contribution < 1.29 is 17.5 Å². The lowest BCUT2D eigenvalue weighted by molar-refractivity contribution is -0.00279. The molecule has 1 aliphatic heterocycles. The van der Waals surface area contributed by atoms with Gasteiger partial charge in [-0.15, -0.1) is 11.6 Å². The van der Waals surface area contributed by atoms with Gasteiger partial charge >= 0.3 is 0 Å². The molecule has 1 atom stereocenters. The zero-order chi connectivity index (χ0) is 14.8. The van der Waals surface area contributed by atoms with Gasteiger partial charge in [0.1, 0.15) is 5.82 Å². The second-order valence-corrected chi connectivity index (χ2v) is 6.82. The fraction of sp³-hybridized carbons (Fsp3) is 0.538. The van der Waals surface area contributed by atoms with Crippen molar-refractivity contribution in [1.29, 1.82) is 0 Å². The molecule has 1 heterocycles. The van der Waals surface area contributed by atoms with E-state index < -0.39 is 15.8 Å². The van der Waals surface area contributed by atoms with E-state index in [2.05, 4.69) is 0 Å². The molecule has 7 heteroatoms. The normalized spacial score (nSPS) is 21.1. The van der Waals surface area contributed by atoms with E-state index in [1.165, 1.54) is 16.4 Å². The maximum Gasteiger partial charge on any atom is 0.243 e. The monoisotopic (exact) mass is 321 g/mol. The zero-order valence-corrected chi connectivity index (χ0v) is 12.8. The predicted octanol–water partition coefficient (Wildman–Crippen LogP) is 2.36. The fourth-order valence-electron chi connectivity index (χ4n) is 2.18. The second-order valence-electron chi connectivity index (χ2n) is 4.65. The van der Waals surface area contributed by atoms with Crippen LogP contribution in [0, 0.1) is 5.82 Å². The summed E-state index contributed by atoms with van der Waals surface area (Å²) in [5.41, 5.74) is 0.410. The summed E-state index contributed by atoms with van der Waals surface area (Å²) in [5, 5.41) is 0. The highest BCUT2D eigenvalue weighted by atomic mass is 35.5. The molecule has 2 rings (SSSR count). The van der Waals surface area contributed by atoms with Crippen LogP contribution in [0.1, 0.15) is 18.9 Å². The summed E-state index contributed by atoms with van der Waals surface area (Å²) in [6.45, 7) is 2.85. The maximum absolute atomic E-state index is 13.4. The highest BCUT2D eigenvalue weighted by molar-refractivity contribution is 7.89. The molecule has 112 valence electrons. The minimum atomic E-state index is -3.74. The van der Waals surface area contributed by atoms with Crippen molar-refractivity contribution in [3.8, 4) is 0 Å². The zero-order valence-electron chi connectivity index (χ0n) is 11.2. The van der Waals surface area contributed by atoms with Crippen molar-refractivity contribution in [2.24, 2.45) is 0 Å². The van der Waals surface area contributed by atoms with Crippen molar-refractivity contribution in [3.63, 3.8) is 0 Å². The van der Waals surface area contributed by atoms with Gasteiger partial charge in [0.05, 0.1) is 17.6 Å². The number of halogens is 2. The minimum absolute atomic E-state index is 0.0242. The lowest BCUT2D eigenvalue weighted by atomic mass is 10.2. The van der Waals surface area contributed by atoms with Gasteiger partial charge in [0.15, 0.2) is 0 Å². The Hall–Kier alpha value is -0.690. The van der Waals surface area contributed by atoms with Crippen LogP contribution in [0.5, 0.6) is 0 Å². The van der Waals surface area contributed by atoms with Crippen LogP contribution in [0.15, 0.2) is 23.1 Å². The number of ether oxygens (including phenoxy) is 1. The van der Waals surface area contributed by atoms with Crippen LogP contribution in [-0.4, -0.2) is 38.5 Å². The van der Waals surface area contributed by atoms with Crippen molar-refractivity contribution >= 4 is 21.6 Å². The third-order valence-electron chi connectivity index (χ3n) is 3.35. The van der Waals surface area contributed by atoms with Crippen LogP contribution in [0.3, 0.4) is 0 Å². The summed E-state index contributed by atoms with van der Waals surface area (Å²) >= 11 is 5.76. The highest BCUT2D eigenvalue weighted by Crippen LogP contribution is 2.25. The van der Waals surface area contributed by atoms with E-state index >= 15 is 0 Å².